The molecule has 8 nitrogen and oxygen atoms in total. The van der Waals surface area contributed by atoms with Gasteiger partial charge in [-0.1, -0.05) is 0 Å². The van der Waals surface area contributed by atoms with E-state index < -0.39 is 41.0 Å². The third-order valence-electron chi connectivity index (χ3n) is 4.47. The van der Waals surface area contributed by atoms with Crippen LogP contribution >= 0.6 is 0 Å². The Morgan fingerprint density at radius 2 is 2.07 bits per heavy atom. The molecule has 2 heterocycles. The molecular weight excluding hydrogens is 393 g/mol. The normalized spacial score (nSPS) is 19.9. The Bertz CT molecular complexity index is 890. The van der Waals surface area contributed by atoms with E-state index in [1.165, 1.54) is 6.20 Å². The number of ether oxygens (including phenoxy) is 1. The van der Waals surface area contributed by atoms with Crippen molar-refractivity contribution in [3.05, 3.63) is 35.8 Å². The zero-order valence-corrected chi connectivity index (χ0v) is 15.3. The number of rotatable bonds is 6. The van der Waals surface area contributed by atoms with Crippen LogP contribution in [0.25, 0.3) is 0 Å². The minimum Gasteiger partial charge on any atom is -0.442 e. The summed E-state index contributed by atoms with van der Waals surface area (Å²) >= 11 is 0. The molecule has 2 aliphatic heterocycles. The monoisotopic (exact) mass is 412 g/mol. The number of amides is 1. The number of halogens is 3. The van der Waals surface area contributed by atoms with Gasteiger partial charge in [0.2, 0.25) is 0 Å². The van der Waals surface area contributed by atoms with Gasteiger partial charge in [-0.2, -0.15) is 0 Å². The van der Waals surface area contributed by atoms with E-state index in [4.69, 9.17) is 15.6 Å². The van der Waals surface area contributed by atoms with Crippen LogP contribution < -0.4 is 15.5 Å². The smallest absolute Gasteiger partial charge is 0.414 e. The van der Waals surface area contributed by atoms with Gasteiger partial charge in [-0.05, 0) is 6.08 Å². The molecule has 11 heteroatoms. The molecule has 1 aromatic rings. The summed E-state index contributed by atoms with van der Waals surface area (Å²) in [7, 11) is 0. The van der Waals surface area contributed by atoms with Crippen molar-refractivity contribution in [2.24, 2.45) is 10.7 Å². The van der Waals surface area contributed by atoms with Crippen LogP contribution in [0.3, 0.4) is 0 Å². The van der Waals surface area contributed by atoms with Crippen LogP contribution in [0.4, 0.5) is 29.3 Å². The lowest BCUT2D eigenvalue weighted by atomic mass is 10.1. The number of amidine groups is 1. The number of benzene rings is 1. The van der Waals surface area contributed by atoms with E-state index in [9.17, 15) is 22.8 Å². The number of hydrogen-bond acceptors (Lipinski definition) is 6. The molecule has 1 saturated heterocycles. The minimum atomic E-state index is -1.47. The van der Waals surface area contributed by atoms with Gasteiger partial charge >= 0.3 is 6.09 Å². The topological polar surface area (TPSA) is 108 Å². The van der Waals surface area contributed by atoms with Crippen LogP contribution in [-0.2, 0) is 9.53 Å². The molecule has 2 aliphatic rings. The third-order valence-corrected chi connectivity index (χ3v) is 4.47. The molecule has 0 aliphatic carbocycles. The second-order valence-corrected chi connectivity index (χ2v) is 6.50. The van der Waals surface area contributed by atoms with Crippen molar-refractivity contribution in [1.29, 1.82) is 0 Å². The Labute approximate surface area is 164 Å². The maximum absolute atomic E-state index is 14.7. The molecule has 3 rings (SSSR count). The third kappa shape index (κ3) is 4.34. The highest BCUT2D eigenvalue weighted by atomic mass is 19.2. The van der Waals surface area contributed by atoms with E-state index in [1.807, 2.05) is 0 Å². The van der Waals surface area contributed by atoms with Crippen molar-refractivity contribution in [3.63, 3.8) is 0 Å². The van der Waals surface area contributed by atoms with E-state index in [0.717, 1.165) is 15.9 Å². The Balaban J connectivity index is 1.82. The van der Waals surface area contributed by atoms with Crippen molar-refractivity contribution >= 4 is 29.1 Å². The molecule has 0 radical (unpaired) electrons. The highest BCUT2D eigenvalue weighted by molar-refractivity contribution is 5.92. The van der Waals surface area contributed by atoms with Gasteiger partial charge in [0, 0.05) is 31.7 Å². The van der Waals surface area contributed by atoms with Gasteiger partial charge in [0.15, 0.2) is 23.2 Å². The number of cyclic esters (lactones) is 1. The summed E-state index contributed by atoms with van der Waals surface area (Å²) < 4.78 is 48.9. The van der Waals surface area contributed by atoms with E-state index in [2.05, 4.69) is 4.99 Å². The van der Waals surface area contributed by atoms with Gasteiger partial charge in [0.05, 0.1) is 31.2 Å². The SMILES string of the molecule is NC(CCO)=NC[C@H]1CN(c2cc(F)c(N3C=CC(=O)CC3)c(F)c2F)C(=O)O1. The minimum absolute atomic E-state index is 0.00303. The molecule has 3 N–H and O–H groups in total. The molecule has 0 bridgehead atoms. The zero-order chi connectivity index (χ0) is 21.1. The lowest BCUT2D eigenvalue weighted by Gasteiger charge is -2.25. The number of nitrogens with two attached hydrogens (primary N) is 1. The largest absolute Gasteiger partial charge is 0.442 e. The maximum Gasteiger partial charge on any atom is 0.414 e. The Hall–Kier alpha value is -3.08. The highest BCUT2D eigenvalue weighted by Gasteiger charge is 2.36. The first-order chi connectivity index (χ1) is 13.8. The van der Waals surface area contributed by atoms with Gasteiger partial charge < -0.3 is 20.5 Å². The number of aliphatic hydroxyl groups is 1. The number of allylic oxidation sites excluding steroid dienone is 1. The van der Waals surface area contributed by atoms with E-state index in [-0.39, 0.29) is 50.7 Å². The van der Waals surface area contributed by atoms with Crippen LogP contribution in [0.1, 0.15) is 12.8 Å². The van der Waals surface area contributed by atoms with Crippen LogP contribution in [0.5, 0.6) is 0 Å². The number of hydrogen-bond donors (Lipinski definition) is 2. The molecule has 1 aromatic carbocycles. The predicted molar refractivity (Wildman–Crippen MR) is 98.2 cm³/mol. The van der Waals surface area contributed by atoms with Gasteiger partial charge in [-0.3, -0.25) is 14.7 Å². The summed E-state index contributed by atoms with van der Waals surface area (Å²) in [6.07, 6.45) is 0.758. The first-order valence-electron chi connectivity index (χ1n) is 8.84. The molecule has 1 fully saturated rings. The molecule has 29 heavy (non-hydrogen) atoms. The number of aliphatic imine (C=N–C) groups is 1. The summed E-state index contributed by atoms with van der Waals surface area (Å²) in [5.41, 5.74) is 4.31. The Morgan fingerprint density at radius 1 is 1.31 bits per heavy atom. The van der Waals surface area contributed by atoms with E-state index in [1.54, 1.807) is 0 Å². The number of carbonyl (C=O) groups excluding carboxylic acids is 2. The number of ketones is 1. The second-order valence-electron chi connectivity index (χ2n) is 6.50. The van der Waals surface area contributed by atoms with Crippen molar-refractivity contribution < 1.29 is 32.6 Å². The van der Waals surface area contributed by atoms with Crippen LogP contribution in [0, 0.1) is 17.5 Å². The molecule has 0 aromatic heterocycles. The summed E-state index contributed by atoms with van der Waals surface area (Å²) in [4.78, 5) is 29.1. The lowest BCUT2D eigenvalue weighted by Crippen LogP contribution is -2.29. The summed E-state index contributed by atoms with van der Waals surface area (Å²) in [5, 5.41) is 8.78. The summed E-state index contributed by atoms with van der Waals surface area (Å²) in [5.74, 6) is -4.01. The maximum atomic E-state index is 14.7. The Morgan fingerprint density at radius 3 is 2.72 bits per heavy atom. The number of carbonyl (C=O) groups is 2. The summed E-state index contributed by atoms with van der Waals surface area (Å²) in [6, 6.07) is 0.713. The van der Waals surface area contributed by atoms with Crippen molar-refractivity contribution in [2.45, 2.75) is 18.9 Å². The van der Waals surface area contributed by atoms with Gasteiger partial charge in [-0.15, -0.1) is 0 Å². The van der Waals surface area contributed by atoms with Crippen molar-refractivity contribution in [3.8, 4) is 0 Å². The molecule has 0 spiro atoms. The van der Waals surface area contributed by atoms with Gasteiger partial charge in [0.1, 0.15) is 11.8 Å². The van der Waals surface area contributed by atoms with Gasteiger partial charge in [0.25, 0.3) is 0 Å². The number of anilines is 2. The molecule has 0 unspecified atom stereocenters. The molecule has 1 amide bonds. The van der Waals surface area contributed by atoms with E-state index >= 15 is 0 Å². The fourth-order valence-corrected chi connectivity index (χ4v) is 3.01. The first kappa shape index (κ1) is 20.6. The molecule has 156 valence electrons. The standard InChI is InChI=1S/C18H19F3N4O4/c19-12-7-13(15(20)16(21)17(12)24-4-1-10(27)2-5-24)25-9-11(29-18(25)28)8-23-14(22)3-6-26/h1,4,7,11,26H,2-3,5-6,8-9H2,(H2,22,23)/t11-/m0/s1. The number of nitrogens with zero attached hydrogens (tertiary/aromatic N) is 3. The van der Waals surface area contributed by atoms with Crippen LogP contribution in [0.2, 0.25) is 0 Å². The molecular formula is C18H19F3N4O4. The lowest BCUT2D eigenvalue weighted by molar-refractivity contribution is -0.114. The summed E-state index contributed by atoms with van der Waals surface area (Å²) in [6.45, 7) is -0.404. The van der Waals surface area contributed by atoms with E-state index in [0.29, 0.717) is 6.07 Å². The molecule has 0 saturated carbocycles. The fourth-order valence-electron chi connectivity index (χ4n) is 3.01. The van der Waals surface area contributed by atoms with Crippen molar-refractivity contribution in [1.82, 2.24) is 0 Å². The van der Waals surface area contributed by atoms with Crippen LogP contribution in [0.15, 0.2) is 23.3 Å². The molecule has 1 atom stereocenters. The Kier molecular flexibility index (Phi) is 6.06. The van der Waals surface area contributed by atoms with Crippen molar-refractivity contribution in [2.75, 3.05) is 36.0 Å². The quantitative estimate of drug-likeness (QED) is 0.416. The average Bonchev–Trinajstić information content (AvgIpc) is 3.05. The van der Waals surface area contributed by atoms with Gasteiger partial charge in [-0.25, -0.2) is 18.0 Å². The second kappa shape index (κ2) is 8.52. The average molecular weight is 412 g/mol. The zero-order valence-electron chi connectivity index (χ0n) is 15.3. The fraction of sp³-hybridized carbons (Fsp3) is 0.389. The van der Waals surface area contributed by atoms with Crippen LogP contribution in [-0.4, -0.2) is 55.2 Å². The predicted octanol–water partition coefficient (Wildman–Crippen LogP) is 1.46. The first-order valence-corrected chi connectivity index (χ1v) is 8.84. The number of aliphatic hydroxyl groups excluding tert-OH is 1. The highest BCUT2D eigenvalue weighted by Crippen LogP contribution is 2.35.